The van der Waals surface area contributed by atoms with Crippen molar-refractivity contribution in [1.29, 1.82) is 0 Å². The molecule has 12 aromatic rings. The summed E-state index contributed by atoms with van der Waals surface area (Å²) in [7, 11) is 0. The molecule has 0 saturated heterocycles. The van der Waals surface area contributed by atoms with E-state index in [0.29, 0.717) is 56.4 Å². The van der Waals surface area contributed by atoms with Gasteiger partial charge in [0.25, 0.3) is 0 Å². The first-order valence-electron chi connectivity index (χ1n) is 23.5. The predicted octanol–water partition coefficient (Wildman–Crippen LogP) is 19.3. The summed E-state index contributed by atoms with van der Waals surface area (Å²) >= 11 is 0. The first kappa shape index (κ1) is 45.8. The monoisotopic (exact) mass is 984 g/mol. The summed E-state index contributed by atoms with van der Waals surface area (Å²) in [5.74, 6) is -6.35. The van der Waals surface area contributed by atoms with Crippen molar-refractivity contribution < 1.29 is 35.1 Å². The van der Waals surface area contributed by atoms with Gasteiger partial charge in [-0.1, -0.05) is 72.8 Å². The van der Waals surface area contributed by atoms with Crippen LogP contribution in [0.3, 0.4) is 0 Å². The molecular weight excluding hydrogens is 949 g/mol. The zero-order chi connectivity index (χ0) is 50.8. The van der Waals surface area contributed by atoms with Crippen LogP contribution in [0, 0.1) is 46.5 Å². The second-order valence-corrected chi connectivity index (χ2v) is 18.1. The van der Waals surface area contributed by atoms with Gasteiger partial charge in [-0.3, -0.25) is 0 Å². The maximum absolute atomic E-state index is 14.9. The first-order chi connectivity index (χ1) is 35.9. The van der Waals surface area contributed by atoms with Crippen LogP contribution < -0.4 is 9.80 Å². The average Bonchev–Trinajstić information content (AvgIpc) is 3.38. The summed E-state index contributed by atoms with van der Waals surface area (Å²) in [5, 5.41) is 5.23. The Labute approximate surface area is 419 Å². The Balaban J connectivity index is 1.10. The van der Waals surface area contributed by atoms with Crippen molar-refractivity contribution >= 4 is 66.4 Å². The molecular formula is C64H36F8N2. The number of rotatable bonds is 10. The van der Waals surface area contributed by atoms with Crippen molar-refractivity contribution in [2.75, 3.05) is 9.80 Å². The van der Waals surface area contributed by atoms with E-state index in [2.05, 4.69) is 0 Å². The van der Waals surface area contributed by atoms with E-state index in [4.69, 9.17) is 0 Å². The van der Waals surface area contributed by atoms with Crippen LogP contribution >= 0.6 is 0 Å². The van der Waals surface area contributed by atoms with Crippen LogP contribution in [0.1, 0.15) is 0 Å². The second kappa shape index (κ2) is 18.4. The Kier molecular flexibility index (Phi) is 11.4. The molecule has 0 radical (unpaired) electrons. The van der Waals surface area contributed by atoms with Gasteiger partial charge in [-0.15, -0.1) is 0 Å². The number of anilines is 6. The molecule has 0 aliphatic carbocycles. The van der Waals surface area contributed by atoms with E-state index in [9.17, 15) is 35.1 Å². The molecule has 0 aromatic heterocycles. The van der Waals surface area contributed by atoms with Gasteiger partial charge < -0.3 is 9.80 Å². The zero-order valence-corrected chi connectivity index (χ0v) is 38.7. The molecule has 358 valence electrons. The summed E-state index contributed by atoms with van der Waals surface area (Å²) in [6, 6.07) is 58.2. The van der Waals surface area contributed by atoms with Gasteiger partial charge in [-0.25, -0.2) is 35.1 Å². The number of hydrogen-bond donors (Lipinski definition) is 0. The Morgan fingerprint density at radius 2 is 0.473 bits per heavy atom. The smallest absolute Gasteiger partial charge is 0.126 e. The molecule has 0 bridgehead atoms. The molecule has 0 spiro atoms. The standard InChI is InChI=1S/C64H36F8N2/c65-47-21-43(22-48(66)33-47)39-19-40(44-23-49(67)34-50(68)24-44)30-57(29-39)73(55-7-3-1-4-8-55)61-17-13-37-12-16-60-62(18-14-38-11-15-59(61)63(37)64(38)60)74(56-9-5-2-6-10-56)58-31-41(45-25-51(69)35-52(70)26-45)20-42(32-58)46-27-53(71)36-54(72)28-46/h1-36H. The fourth-order valence-corrected chi connectivity index (χ4v) is 10.2. The highest BCUT2D eigenvalue weighted by Crippen LogP contribution is 2.49. The lowest BCUT2D eigenvalue weighted by Crippen LogP contribution is -2.12. The van der Waals surface area contributed by atoms with Gasteiger partial charge >= 0.3 is 0 Å². The third kappa shape index (κ3) is 8.60. The third-order valence-electron chi connectivity index (χ3n) is 13.3. The Hall–Kier alpha value is -9.28. The van der Waals surface area contributed by atoms with E-state index in [-0.39, 0.29) is 22.3 Å². The second-order valence-electron chi connectivity index (χ2n) is 18.1. The normalized spacial score (nSPS) is 11.5. The van der Waals surface area contributed by atoms with Crippen molar-refractivity contribution in [1.82, 2.24) is 0 Å². The molecule has 2 nitrogen and oxygen atoms in total. The minimum Gasteiger partial charge on any atom is -0.310 e. The van der Waals surface area contributed by atoms with Crippen LogP contribution in [0.4, 0.5) is 69.2 Å². The van der Waals surface area contributed by atoms with Crippen molar-refractivity contribution in [3.63, 3.8) is 0 Å². The van der Waals surface area contributed by atoms with E-state index < -0.39 is 46.5 Å². The molecule has 0 unspecified atom stereocenters. The molecule has 0 aliphatic rings. The lowest BCUT2D eigenvalue weighted by atomic mass is 9.91. The van der Waals surface area contributed by atoms with Gasteiger partial charge in [0.1, 0.15) is 46.5 Å². The SMILES string of the molecule is Fc1cc(F)cc(-c2cc(-c3cc(F)cc(F)c3)cc(N(c3ccccc3)c3ccc4ccc5c(N(c6ccccc6)c6cc(-c7cc(F)cc(F)c7)cc(-c7cc(F)cc(F)c7)c6)ccc6ccc3c4c65)c2)c1. The van der Waals surface area contributed by atoms with Gasteiger partial charge in [0, 0.05) is 57.8 Å². The highest BCUT2D eigenvalue weighted by molar-refractivity contribution is 6.28. The van der Waals surface area contributed by atoms with Gasteiger partial charge in [-0.05, 0) is 187 Å². The number of benzene rings is 12. The van der Waals surface area contributed by atoms with E-state index in [1.54, 1.807) is 36.4 Å². The molecule has 74 heavy (non-hydrogen) atoms. The number of nitrogens with zero attached hydrogens (tertiary/aromatic N) is 2. The number of hydrogen-bond acceptors (Lipinski definition) is 2. The Morgan fingerprint density at radius 3 is 0.757 bits per heavy atom. The summed E-state index contributed by atoms with van der Waals surface area (Å²) in [4.78, 5) is 4.00. The first-order valence-corrected chi connectivity index (χ1v) is 23.5. The quantitative estimate of drug-likeness (QED) is 0.0995. The van der Waals surface area contributed by atoms with Crippen LogP contribution in [0.25, 0.3) is 76.8 Å². The summed E-state index contributed by atoms with van der Waals surface area (Å²) in [6.07, 6.45) is 0. The summed E-state index contributed by atoms with van der Waals surface area (Å²) in [6.45, 7) is 0. The van der Waals surface area contributed by atoms with Crippen LogP contribution in [-0.2, 0) is 0 Å². The minimum absolute atomic E-state index is 0.213. The molecule has 0 fully saturated rings. The van der Waals surface area contributed by atoms with Crippen molar-refractivity contribution in [3.05, 3.63) is 265 Å². The maximum Gasteiger partial charge on any atom is 0.126 e. The molecule has 0 atom stereocenters. The van der Waals surface area contributed by atoms with Gasteiger partial charge in [0.05, 0.1) is 11.4 Å². The number of para-hydroxylation sites is 2. The van der Waals surface area contributed by atoms with Crippen molar-refractivity contribution in [3.8, 4) is 44.5 Å². The molecule has 12 rings (SSSR count). The van der Waals surface area contributed by atoms with Crippen LogP contribution in [-0.4, -0.2) is 0 Å². The van der Waals surface area contributed by atoms with Crippen LogP contribution in [0.5, 0.6) is 0 Å². The Morgan fingerprint density at radius 1 is 0.216 bits per heavy atom. The van der Waals surface area contributed by atoms with E-state index in [0.717, 1.165) is 56.6 Å². The molecule has 0 saturated carbocycles. The van der Waals surface area contributed by atoms with Gasteiger partial charge in [-0.2, -0.15) is 0 Å². The molecule has 0 N–H and O–H groups in total. The minimum atomic E-state index is -0.794. The lowest BCUT2D eigenvalue weighted by molar-refractivity contribution is 0.583. The van der Waals surface area contributed by atoms with Crippen LogP contribution in [0.15, 0.2) is 218 Å². The van der Waals surface area contributed by atoms with Gasteiger partial charge in [0.15, 0.2) is 0 Å². The lowest BCUT2D eigenvalue weighted by Gasteiger charge is -2.30. The average molecular weight is 985 g/mol. The topological polar surface area (TPSA) is 6.48 Å². The summed E-state index contributed by atoms with van der Waals surface area (Å²) < 4.78 is 119. The van der Waals surface area contributed by atoms with Crippen molar-refractivity contribution in [2.24, 2.45) is 0 Å². The predicted molar refractivity (Wildman–Crippen MR) is 281 cm³/mol. The highest BCUT2D eigenvalue weighted by atomic mass is 19.2. The highest BCUT2D eigenvalue weighted by Gasteiger charge is 2.24. The Bertz CT molecular complexity index is 3660. The molecule has 0 aliphatic heterocycles. The molecule has 12 aromatic carbocycles. The van der Waals surface area contributed by atoms with E-state index in [1.165, 1.54) is 48.5 Å². The molecule has 0 heterocycles. The fraction of sp³-hybridized carbons (Fsp3) is 0. The maximum atomic E-state index is 14.9. The summed E-state index contributed by atoms with van der Waals surface area (Å²) in [5.41, 5.74) is 6.31. The van der Waals surface area contributed by atoms with Crippen molar-refractivity contribution in [2.45, 2.75) is 0 Å². The largest absolute Gasteiger partial charge is 0.310 e. The van der Waals surface area contributed by atoms with Crippen LogP contribution in [0.2, 0.25) is 0 Å². The van der Waals surface area contributed by atoms with E-state index in [1.807, 2.05) is 119 Å². The fourth-order valence-electron chi connectivity index (χ4n) is 10.2. The number of halogens is 8. The van der Waals surface area contributed by atoms with E-state index >= 15 is 0 Å². The van der Waals surface area contributed by atoms with Gasteiger partial charge in [0.2, 0.25) is 0 Å². The molecule has 0 amide bonds. The molecule has 10 heteroatoms. The third-order valence-corrected chi connectivity index (χ3v) is 13.3. The zero-order valence-electron chi connectivity index (χ0n) is 38.7.